The van der Waals surface area contributed by atoms with Crippen molar-refractivity contribution in [1.82, 2.24) is 0 Å². The van der Waals surface area contributed by atoms with E-state index in [1.807, 2.05) is 38.1 Å². The molecule has 86 valence electrons. The minimum Gasteiger partial charge on any atom is -0.369 e. The lowest BCUT2D eigenvalue weighted by Crippen LogP contribution is -2.45. The monoisotopic (exact) mass is 219 g/mol. The van der Waals surface area contributed by atoms with E-state index in [1.165, 1.54) is 4.90 Å². The Morgan fingerprint density at radius 1 is 1.31 bits per heavy atom. The van der Waals surface area contributed by atoms with E-state index in [2.05, 4.69) is 4.99 Å². The Balaban J connectivity index is 3.08. The molecule has 0 heterocycles. The summed E-state index contributed by atoms with van der Waals surface area (Å²) in [4.78, 5) is 5.45. The van der Waals surface area contributed by atoms with E-state index in [4.69, 9.17) is 16.9 Å². The van der Waals surface area contributed by atoms with Crippen LogP contribution in [-0.4, -0.2) is 18.5 Å². The summed E-state index contributed by atoms with van der Waals surface area (Å²) < 4.78 is 0. The molecule has 5 N–H and O–H groups in total. The Morgan fingerprint density at radius 2 is 1.88 bits per heavy atom. The molecule has 0 spiro atoms. The van der Waals surface area contributed by atoms with E-state index in [-0.39, 0.29) is 11.9 Å². The Kier molecular flexibility index (Phi) is 3.88. The summed E-state index contributed by atoms with van der Waals surface area (Å²) in [5.74, 6) is 0.0948. The number of aryl methyl sites for hydroxylation is 1. The van der Waals surface area contributed by atoms with Gasteiger partial charge >= 0.3 is 0 Å². The van der Waals surface area contributed by atoms with Crippen LogP contribution in [0.25, 0.3) is 0 Å². The van der Waals surface area contributed by atoms with Gasteiger partial charge < -0.3 is 11.5 Å². The highest BCUT2D eigenvalue weighted by atomic mass is 15.3. The molecule has 1 rings (SSSR count). The van der Waals surface area contributed by atoms with Crippen molar-refractivity contribution in [2.75, 3.05) is 11.4 Å². The standard InChI is InChI=1S/C11H17N5/c1-3-15-11(14)16(10(12)13)9-6-4-8(2)5-7-9/h4-7H,3H2,1-2H3,(H3,12,13)(H2,14,15). The zero-order valence-electron chi connectivity index (χ0n) is 9.57. The van der Waals surface area contributed by atoms with Gasteiger partial charge in [-0.25, -0.2) is 0 Å². The molecule has 0 unspecified atom stereocenters. The van der Waals surface area contributed by atoms with Crippen LogP contribution in [0.5, 0.6) is 0 Å². The van der Waals surface area contributed by atoms with Crippen molar-refractivity contribution in [3.8, 4) is 0 Å². The van der Waals surface area contributed by atoms with E-state index in [0.717, 1.165) is 11.3 Å². The number of benzene rings is 1. The van der Waals surface area contributed by atoms with Crippen LogP contribution in [0, 0.1) is 12.3 Å². The van der Waals surface area contributed by atoms with E-state index >= 15 is 0 Å². The van der Waals surface area contributed by atoms with Crippen LogP contribution in [0.3, 0.4) is 0 Å². The van der Waals surface area contributed by atoms with Crippen molar-refractivity contribution < 1.29 is 0 Å². The van der Waals surface area contributed by atoms with Gasteiger partial charge in [0.05, 0.1) is 5.69 Å². The lowest BCUT2D eigenvalue weighted by atomic mass is 10.2. The van der Waals surface area contributed by atoms with Gasteiger partial charge in [-0.2, -0.15) is 0 Å². The summed E-state index contributed by atoms with van der Waals surface area (Å²) >= 11 is 0. The molecule has 0 aliphatic rings. The van der Waals surface area contributed by atoms with Crippen molar-refractivity contribution in [2.45, 2.75) is 13.8 Å². The van der Waals surface area contributed by atoms with Gasteiger partial charge in [-0.05, 0) is 26.0 Å². The summed E-state index contributed by atoms with van der Waals surface area (Å²) in [6, 6.07) is 7.58. The number of nitrogens with two attached hydrogens (primary N) is 2. The van der Waals surface area contributed by atoms with Gasteiger partial charge in [-0.3, -0.25) is 15.3 Å². The molecule has 0 saturated carbocycles. The van der Waals surface area contributed by atoms with Crippen molar-refractivity contribution >= 4 is 17.6 Å². The van der Waals surface area contributed by atoms with Gasteiger partial charge in [-0.1, -0.05) is 17.7 Å². The van der Waals surface area contributed by atoms with Crippen molar-refractivity contribution in [3.63, 3.8) is 0 Å². The molecule has 0 aliphatic carbocycles. The maximum absolute atomic E-state index is 7.49. The fourth-order valence-corrected chi connectivity index (χ4v) is 1.32. The summed E-state index contributed by atoms with van der Waals surface area (Å²) in [5.41, 5.74) is 13.1. The minimum absolute atomic E-state index is 0.140. The average Bonchev–Trinajstić information content (AvgIpc) is 2.21. The topological polar surface area (TPSA) is 91.5 Å². The summed E-state index contributed by atoms with van der Waals surface area (Å²) in [7, 11) is 0. The van der Waals surface area contributed by atoms with Crippen LogP contribution in [-0.2, 0) is 0 Å². The Bertz CT molecular complexity index is 393. The largest absolute Gasteiger partial charge is 0.369 e. The first-order valence-corrected chi connectivity index (χ1v) is 5.07. The van der Waals surface area contributed by atoms with Crippen LogP contribution in [0.1, 0.15) is 12.5 Å². The molecule has 0 fully saturated rings. The first-order chi connectivity index (χ1) is 7.56. The number of guanidine groups is 2. The fraction of sp³-hybridized carbons (Fsp3) is 0.273. The second-order valence-corrected chi connectivity index (χ2v) is 3.39. The van der Waals surface area contributed by atoms with Crippen molar-refractivity contribution in [3.05, 3.63) is 29.8 Å². The third-order valence-corrected chi connectivity index (χ3v) is 2.08. The summed E-state index contributed by atoms with van der Waals surface area (Å²) in [6.07, 6.45) is 0. The normalized spacial score (nSPS) is 11.2. The molecule has 5 heteroatoms. The molecule has 1 aromatic carbocycles. The maximum atomic E-state index is 7.49. The first-order valence-electron chi connectivity index (χ1n) is 5.07. The highest BCUT2D eigenvalue weighted by Gasteiger charge is 2.12. The SMILES string of the molecule is CCN=C(N)N(C(=N)N)c1ccc(C)cc1. The first kappa shape index (κ1) is 12.0. The number of rotatable bonds is 2. The third-order valence-electron chi connectivity index (χ3n) is 2.08. The number of nitrogens with zero attached hydrogens (tertiary/aromatic N) is 2. The van der Waals surface area contributed by atoms with Gasteiger partial charge in [0.1, 0.15) is 0 Å². The zero-order valence-corrected chi connectivity index (χ0v) is 9.57. The van der Waals surface area contributed by atoms with Gasteiger partial charge in [0.2, 0.25) is 5.96 Å². The van der Waals surface area contributed by atoms with Crippen LogP contribution in [0.15, 0.2) is 29.3 Å². The van der Waals surface area contributed by atoms with Gasteiger partial charge in [-0.15, -0.1) is 0 Å². The van der Waals surface area contributed by atoms with E-state index in [0.29, 0.717) is 6.54 Å². The average molecular weight is 219 g/mol. The molecule has 0 saturated heterocycles. The quantitative estimate of drug-likeness (QED) is 0.512. The highest BCUT2D eigenvalue weighted by molar-refractivity contribution is 6.15. The van der Waals surface area contributed by atoms with Gasteiger partial charge in [0.25, 0.3) is 0 Å². The number of aliphatic imine (C=N–C) groups is 1. The lowest BCUT2D eigenvalue weighted by Gasteiger charge is -2.21. The molecule has 1 aromatic rings. The Labute approximate surface area is 95.3 Å². The Morgan fingerprint density at radius 3 is 2.31 bits per heavy atom. The van der Waals surface area contributed by atoms with Crippen LogP contribution in [0.2, 0.25) is 0 Å². The summed E-state index contributed by atoms with van der Waals surface area (Å²) in [6.45, 7) is 4.42. The predicted molar refractivity (Wildman–Crippen MR) is 67.7 cm³/mol. The van der Waals surface area contributed by atoms with E-state index < -0.39 is 0 Å². The summed E-state index contributed by atoms with van der Waals surface area (Å²) in [5, 5.41) is 7.49. The predicted octanol–water partition coefficient (Wildman–Crippen LogP) is 1.03. The van der Waals surface area contributed by atoms with Crippen LogP contribution < -0.4 is 16.4 Å². The molecule has 16 heavy (non-hydrogen) atoms. The molecule has 0 aromatic heterocycles. The molecule has 5 nitrogen and oxygen atoms in total. The number of nitrogens with one attached hydrogen (secondary N) is 1. The van der Waals surface area contributed by atoms with Gasteiger partial charge in [0, 0.05) is 6.54 Å². The molecule has 0 aliphatic heterocycles. The molecule has 0 atom stereocenters. The highest BCUT2D eigenvalue weighted by Crippen LogP contribution is 2.14. The van der Waals surface area contributed by atoms with Gasteiger partial charge in [0.15, 0.2) is 5.96 Å². The number of hydrogen-bond acceptors (Lipinski definition) is 2. The minimum atomic E-state index is -0.140. The Hall–Kier alpha value is -2.04. The molecular formula is C11H17N5. The van der Waals surface area contributed by atoms with Crippen molar-refractivity contribution in [1.29, 1.82) is 5.41 Å². The van der Waals surface area contributed by atoms with Crippen LogP contribution in [0.4, 0.5) is 5.69 Å². The number of hydrogen-bond donors (Lipinski definition) is 3. The second-order valence-electron chi connectivity index (χ2n) is 3.39. The molecule has 0 amide bonds. The smallest absolute Gasteiger partial charge is 0.202 e. The third kappa shape index (κ3) is 2.73. The molecule has 0 bridgehead atoms. The fourth-order valence-electron chi connectivity index (χ4n) is 1.32. The van der Waals surface area contributed by atoms with Crippen LogP contribution >= 0.6 is 0 Å². The number of anilines is 1. The lowest BCUT2D eigenvalue weighted by molar-refractivity contribution is 1.10. The zero-order chi connectivity index (χ0) is 12.1. The second kappa shape index (κ2) is 5.16. The van der Waals surface area contributed by atoms with Crippen molar-refractivity contribution in [2.24, 2.45) is 16.5 Å². The maximum Gasteiger partial charge on any atom is 0.202 e. The van der Waals surface area contributed by atoms with E-state index in [1.54, 1.807) is 0 Å². The molecule has 0 radical (unpaired) electrons. The molecular weight excluding hydrogens is 202 g/mol. The van der Waals surface area contributed by atoms with E-state index in [9.17, 15) is 0 Å².